The number of hydrogen-bond acceptors (Lipinski definition) is 2. The molecule has 9 aliphatic rings. The third-order valence-electron chi connectivity index (χ3n) is 16.3. The summed E-state index contributed by atoms with van der Waals surface area (Å²) in [6.07, 6.45) is 43.6. The Morgan fingerprint density at radius 2 is 1.72 bits per heavy atom. The number of nitrogens with zero attached hydrogens (tertiary/aromatic N) is 1. The van der Waals surface area contributed by atoms with Crippen molar-refractivity contribution >= 4 is 22.2 Å². The molecule has 2 fully saturated rings. The van der Waals surface area contributed by atoms with E-state index >= 15 is 0 Å². The summed E-state index contributed by atoms with van der Waals surface area (Å²) < 4.78 is 6.74. The largest absolute Gasteiger partial charge is 0.461 e. The zero-order chi connectivity index (χ0) is 35.8. The predicted octanol–water partition coefficient (Wildman–Crippen LogP) is 12.7. The van der Waals surface area contributed by atoms with Gasteiger partial charge < -0.3 is 9.32 Å². The Morgan fingerprint density at radius 3 is 2.69 bits per heavy atom. The highest BCUT2D eigenvalue weighted by molar-refractivity contribution is 5.88. The van der Waals surface area contributed by atoms with Crippen molar-refractivity contribution in [2.75, 3.05) is 4.90 Å². The highest BCUT2D eigenvalue weighted by Crippen LogP contribution is 2.75. The molecule has 12 rings (SSSR count). The quantitative estimate of drug-likeness (QED) is 0.252. The van der Waals surface area contributed by atoms with Crippen LogP contribution in [0.1, 0.15) is 93.7 Å². The van der Waals surface area contributed by atoms with Crippen molar-refractivity contribution in [2.24, 2.45) is 46.8 Å². The van der Waals surface area contributed by atoms with Crippen LogP contribution < -0.4 is 4.90 Å². The highest BCUT2D eigenvalue weighted by Gasteiger charge is 2.69. The first-order valence-electron chi connectivity index (χ1n) is 21.5. The van der Waals surface area contributed by atoms with E-state index < -0.39 is 0 Å². The molecule has 2 heteroatoms. The number of furan rings is 1. The number of fused-ring (bicyclic) bond motifs is 15. The summed E-state index contributed by atoms with van der Waals surface area (Å²) >= 11 is 0. The fourth-order valence-corrected chi connectivity index (χ4v) is 14.7. The molecule has 54 heavy (non-hydrogen) atoms. The number of aryl methyl sites for hydroxylation is 1. The van der Waals surface area contributed by atoms with Crippen LogP contribution in [0.4, 0.5) is 5.69 Å². The monoisotopic (exact) mass is 707 g/mol. The third-order valence-corrected chi connectivity index (χ3v) is 16.3. The molecule has 1 aromatic heterocycles. The van der Waals surface area contributed by atoms with Crippen molar-refractivity contribution in [3.8, 4) is 0 Å². The van der Waals surface area contributed by atoms with E-state index in [4.69, 9.17) is 4.42 Å². The topological polar surface area (TPSA) is 16.4 Å². The van der Waals surface area contributed by atoms with Crippen LogP contribution in [-0.4, -0.2) is 6.04 Å². The molecule has 10 atom stereocenters. The maximum absolute atomic E-state index is 6.74. The van der Waals surface area contributed by atoms with Crippen LogP contribution in [0, 0.1) is 46.8 Å². The molecule has 9 aliphatic carbocycles. The lowest BCUT2D eigenvalue weighted by Crippen LogP contribution is -2.48. The molecule has 2 nitrogen and oxygen atoms in total. The fraction of sp³-hybridized carbons (Fsp3) is 0.423. The van der Waals surface area contributed by atoms with Crippen molar-refractivity contribution in [2.45, 2.75) is 89.1 Å². The van der Waals surface area contributed by atoms with E-state index in [0.717, 1.165) is 37.7 Å². The van der Waals surface area contributed by atoms with E-state index in [-0.39, 0.29) is 16.9 Å². The summed E-state index contributed by atoms with van der Waals surface area (Å²) in [7, 11) is 0. The Morgan fingerprint density at radius 1 is 0.796 bits per heavy atom. The molecule has 0 amide bonds. The summed E-state index contributed by atoms with van der Waals surface area (Å²) in [4.78, 5) is 2.99. The van der Waals surface area contributed by atoms with Crippen molar-refractivity contribution in [1.82, 2.24) is 0 Å². The Bertz CT molecular complexity index is 2330. The van der Waals surface area contributed by atoms with E-state index in [2.05, 4.69) is 140 Å². The maximum Gasteiger partial charge on any atom is 0.134 e. The lowest BCUT2D eigenvalue weighted by atomic mass is 9.55. The molecule has 0 N–H and O–H groups in total. The normalized spacial score (nSPS) is 37.1. The van der Waals surface area contributed by atoms with Gasteiger partial charge in [-0.15, -0.1) is 0 Å². The number of rotatable bonds is 3. The lowest BCUT2D eigenvalue weighted by molar-refractivity contribution is 0.0181. The van der Waals surface area contributed by atoms with Gasteiger partial charge in [0.05, 0.1) is 6.04 Å². The molecule has 2 aromatic carbocycles. The SMILES string of the molecule is CC1(C)C2=C(CCC=C2)c2cccc(N(C3C=CC4C5C=CC=CC5C5(C6CC=CC=C6C6C=CCCC65)C4C3)C3CCCc4oc5ccccc5c43)c21. The minimum atomic E-state index is -0.0480. The summed E-state index contributed by atoms with van der Waals surface area (Å²) in [5.41, 5.74) is 12.1. The zero-order valence-corrected chi connectivity index (χ0v) is 32.0. The standard InChI is InChI=1S/C52H53NO/c1-51(2)40-21-8-3-18-36(40)38-20-13-26-46(50(38)51)53(45-25-14-28-48-49(45)39-19-7-12-27-47(39)54-48)32-29-30-37-35-17-6-11-24-43(35)52(44(37)31-32)41-22-9-4-15-33(41)34-16-5-10-23-42(34)52/h4-9,11-13,15-17,19-21,24,26-27,29-30,32,34-35,37,41-45H,3,10,14,18,22-23,25,28,31H2,1-2H3. The number of allylic oxidation sites excluding steroid dienone is 15. The van der Waals surface area contributed by atoms with Crippen LogP contribution in [0.25, 0.3) is 16.5 Å². The van der Waals surface area contributed by atoms with Gasteiger partial charge in [0.25, 0.3) is 0 Å². The molecule has 2 saturated carbocycles. The van der Waals surface area contributed by atoms with Crippen molar-refractivity contribution in [3.05, 3.63) is 155 Å². The maximum atomic E-state index is 6.74. The molecule has 10 unspecified atom stereocenters. The molecule has 3 aromatic rings. The van der Waals surface area contributed by atoms with Crippen molar-refractivity contribution < 1.29 is 4.42 Å². The van der Waals surface area contributed by atoms with Gasteiger partial charge in [0.15, 0.2) is 0 Å². The minimum Gasteiger partial charge on any atom is -0.461 e. The third kappa shape index (κ3) is 4.08. The first-order chi connectivity index (χ1) is 26.6. The second-order valence-electron chi connectivity index (χ2n) is 18.7. The average Bonchev–Trinajstić information content (AvgIpc) is 3.91. The van der Waals surface area contributed by atoms with Gasteiger partial charge in [-0.3, -0.25) is 0 Å². The Balaban J connectivity index is 1.06. The minimum absolute atomic E-state index is 0.0480. The van der Waals surface area contributed by atoms with E-state index in [9.17, 15) is 0 Å². The second-order valence-corrected chi connectivity index (χ2v) is 18.7. The van der Waals surface area contributed by atoms with Crippen LogP contribution in [-0.2, 0) is 11.8 Å². The Hall–Kier alpha value is -4.30. The van der Waals surface area contributed by atoms with Crippen molar-refractivity contribution in [1.29, 1.82) is 0 Å². The van der Waals surface area contributed by atoms with E-state index in [1.807, 2.05) is 0 Å². The predicted molar refractivity (Wildman–Crippen MR) is 222 cm³/mol. The smallest absolute Gasteiger partial charge is 0.134 e. The second kappa shape index (κ2) is 11.6. The van der Waals surface area contributed by atoms with Crippen LogP contribution in [0.15, 0.2) is 137 Å². The van der Waals surface area contributed by atoms with Gasteiger partial charge in [-0.1, -0.05) is 129 Å². The molecule has 0 saturated heterocycles. The summed E-state index contributed by atoms with van der Waals surface area (Å²) in [6.45, 7) is 5.01. The molecule has 0 radical (unpaired) electrons. The van der Waals surface area contributed by atoms with Gasteiger partial charge in [0, 0.05) is 40.4 Å². The summed E-state index contributed by atoms with van der Waals surface area (Å²) in [6, 6.07) is 16.8. The molecule has 1 spiro atoms. The molecule has 1 heterocycles. The van der Waals surface area contributed by atoms with Gasteiger partial charge in [0.2, 0.25) is 0 Å². The van der Waals surface area contributed by atoms with E-state index in [1.165, 1.54) is 59.2 Å². The molecular formula is C52H53NO. The van der Waals surface area contributed by atoms with Crippen LogP contribution in [0.5, 0.6) is 0 Å². The highest BCUT2D eigenvalue weighted by atomic mass is 16.3. The average molecular weight is 708 g/mol. The van der Waals surface area contributed by atoms with Crippen molar-refractivity contribution in [3.63, 3.8) is 0 Å². The number of anilines is 1. The van der Waals surface area contributed by atoms with E-state index in [1.54, 1.807) is 16.7 Å². The van der Waals surface area contributed by atoms with Crippen LogP contribution in [0.3, 0.4) is 0 Å². The number of hydrogen-bond donors (Lipinski definition) is 0. The van der Waals surface area contributed by atoms with Crippen LogP contribution in [0.2, 0.25) is 0 Å². The van der Waals surface area contributed by atoms with Gasteiger partial charge >= 0.3 is 0 Å². The molecule has 0 aliphatic heterocycles. The van der Waals surface area contributed by atoms with Gasteiger partial charge in [0.1, 0.15) is 11.3 Å². The van der Waals surface area contributed by atoms with Gasteiger partial charge in [-0.25, -0.2) is 0 Å². The molecular weight excluding hydrogens is 655 g/mol. The number of para-hydroxylation sites is 1. The number of benzene rings is 2. The van der Waals surface area contributed by atoms with Gasteiger partial charge in [-0.05, 0) is 127 Å². The lowest BCUT2D eigenvalue weighted by Gasteiger charge is -2.51. The molecule has 272 valence electrons. The Labute approximate surface area is 321 Å². The fourth-order valence-electron chi connectivity index (χ4n) is 14.7. The summed E-state index contributed by atoms with van der Waals surface area (Å²) in [5.74, 6) is 5.54. The molecule has 0 bridgehead atoms. The zero-order valence-electron chi connectivity index (χ0n) is 32.0. The summed E-state index contributed by atoms with van der Waals surface area (Å²) in [5, 5.41) is 1.32. The van der Waals surface area contributed by atoms with Crippen LogP contribution >= 0.6 is 0 Å². The van der Waals surface area contributed by atoms with Gasteiger partial charge in [-0.2, -0.15) is 0 Å². The van der Waals surface area contributed by atoms with E-state index in [0.29, 0.717) is 47.5 Å². The first-order valence-corrected chi connectivity index (χ1v) is 21.5. The first kappa shape index (κ1) is 32.0. The Kier molecular flexibility index (Phi) is 6.88.